The number of hydrogen-bond acceptors (Lipinski definition) is 7. The molecule has 1 N–H and O–H groups in total. The zero-order valence-corrected chi connectivity index (χ0v) is 20.2. The van der Waals surface area contributed by atoms with Crippen LogP contribution >= 0.6 is 0 Å². The highest BCUT2D eigenvalue weighted by Gasteiger charge is 2.31. The van der Waals surface area contributed by atoms with Gasteiger partial charge >= 0.3 is 0 Å². The Morgan fingerprint density at radius 1 is 1.23 bits per heavy atom. The van der Waals surface area contributed by atoms with Gasteiger partial charge in [0.2, 0.25) is 5.91 Å². The first-order chi connectivity index (χ1) is 16.8. The number of aryl methyl sites for hydroxylation is 1. The highest BCUT2D eigenvalue weighted by atomic mass is 32.2. The van der Waals surface area contributed by atoms with Gasteiger partial charge in [-0.3, -0.25) is 9.48 Å². The molecule has 0 unspecified atom stereocenters. The van der Waals surface area contributed by atoms with Gasteiger partial charge in [-0.1, -0.05) is 30.3 Å². The van der Waals surface area contributed by atoms with Crippen molar-refractivity contribution in [3.05, 3.63) is 66.0 Å². The number of nitrogens with one attached hydrogen (secondary N) is 1. The number of carbonyl (C=O) groups excluding carboxylic acids is 1. The van der Waals surface area contributed by atoms with Crippen molar-refractivity contribution in [3.8, 4) is 11.5 Å². The Morgan fingerprint density at radius 3 is 2.77 bits per heavy atom. The summed E-state index contributed by atoms with van der Waals surface area (Å²) in [5.41, 5.74) is 3.70. The van der Waals surface area contributed by atoms with E-state index in [0.717, 1.165) is 21.1 Å². The summed E-state index contributed by atoms with van der Waals surface area (Å²) in [6.07, 6.45) is 4.78. The van der Waals surface area contributed by atoms with E-state index in [9.17, 15) is 13.2 Å². The molecule has 4 aromatic rings. The number of sulfonamides is 1. The van der Waals surface area contributed by atoms with Crippen LogP contribution in [0.4, 0.5) is 0 Å². The van der Waals surface area contributed by atoms with Crippen LogP contribution in [0.15, 0.2) is 54.2 Å². The maximum atomic E-state index is 13.1. The van der Waals surface area contributed by atoms with Crippen molar-refractivity contribution in [1.82, 2.24) is 43.7 Å². The fourth-order valence-corrected chi connectivity index (χ4v) is 5.26. The zero-order valence-electron chi connectivity index (χ0n) is 19.4. The quantitative estimate of drug-likeness (QED) is 0.398. The first-order valence-corrected chi connectivity index (χ1v) is 12.5. The third-order valence-corrected chi connectivity index (χ3v) is 7.87. The number of rotatable bonds is 7. The molecular weight excluding hydrogens is 470 g/mol. The van der Waals surface area contributed by atoms with E-state index in [2.05, 4.69) is 20.2 Å². The van der Waals surface area contributed by atoms with E-state index in [-0.39, 0.29) is 17.5 Å². The maximum absolute atomic E-state index is 13.1. The number of imidazole rings is 1. The summed E-state index contributed by atoms with van der Waals surface area (Å²) in [5.74, 6) is 0.334. The summed E-state index contributed by atoms with van der Waals surface area (Å²) in [6.45, 7) is 1.09. The Morgan fingerprint density at radius 2 is 2.03 bits per heavy atom. The van der Waals surface area contributed by atoms with Crippen LogP contribution in [0.2, 0.25) is 0 Å². The topological polar surface area (TPSA) is 135 Å². The number of amides is 1. The number of likely N-dealkylation sites (N-methyl/N-ethyl adjacent to an activating group) is 1. The van der Waals surface area contributed by atoms with Crippen LogP contribution in [0.25, 0.3) is 11.5 Å². The van der Waals surface area contributed by atoms with Crippen molar-refractivity contribution in [2.24, 2.45) is 7.05 Å². The molecule has 13 heteroatoms. The lowest BCUT2D eigenvalue weighted by Crippen LogP contribution is -2.43. The molecule has 1 aliphatic heterocycles. The number of benzene rings is 1. The summed E-state index contributed by atoms with van der Waals surface area (Å²) >= 11 is 0. The van der Waals surface area contributed by atoms with E-state index < -0.39 is 10.0 Å². The van der Waals surface area contributed by atoms with E-state index in [1.165, 1.54) is 19.6 Å². The minimum atomic E-state index is -3.84. The van der Waals surface area contributed by atoms with E-state index in [4.69, 9.17) is 5.10 Å². The highest BCUT2D eigenvalue weighted by molar-refractivity contribution is 7.89. The summed E-state index contributed by atoms with van der Waals surface area (Å²) in [5, 5.41) is 13.1. The largest absolute Gasteiger partial charge is 0.337 e. The fourth-order valence-electron chi connectivity index (χ4n) is 4.25. The smallest absolute Gasteiger partial charge is 0.260 e. The van der Waals surface area contributed by atoms with Gasteiger partial charge in [0, 0.05) is 44.9 Å². The highest BCUT2D eigenvalue weighted by Crippen LogP contribution is 2.29. The van der Waals surface area contributed by atoms with E-state index in [1.54, 1.807) is 11.2 Å². The molecule has 1 aromatic carbocycles. The third kappa shape index (κ3) is 4.35. The molecule has 0 bridgehead atoms. The van der Waals surface area contributed by atoms with E-state index >= 15 is 0 Å². The van der Waals surface area contributed by atoms with Gasteiger partial charge in [0.05, 0.1) is 25.6 Å². The number of nitrogens with zero attached hydrogens (tertiary/aromatic N) is 8. The predicted molar refractivity (Wildman–Crippen MR) is 125 cm³/mol. The number of carbonyl (C=O) groups is 1. The number of fused-ring (bicyclic) bond motifs is 1. The molecule has 0 radical (unpaired) electrons. The fraction of sp³-hybridized carbons (Fsp3) is 0.318. The van der Waals surface area contributed by atoms with Crippen molar-refractivity contribution in [2.75, 3.05) is 20.1 Å². The predicted octanol–water partition coefficient (Wildman–Crippen LogP) is 0.655. The first kappa shape index (κ1) is 22.9. The van der Waals surface area contributed by atoms with Crippen LogP contribution in [-0.4, -0.2) is 78.2 Å². The average molecular weight is 496 g/mol. The maximum Gasteiger partial charge on any atom is 0.260 e. The Labute approximate surface area is 202 Å². The molecule has 0 aliphatic carbocycles. The number of H-pyrrole nitrogens is 1. The molecule has 0 saturated heterocycles. The summed E-state index contributed by atoms with van der Waals surface area (Å²) < 4.78 is 30.1. The van der Waals surface area contributed by atoms with Crippen LogP contribution in [0, 0.1) is 0 Å². The third-order valence-electron chi connectivity index (χ3n) is 6.14. The summed E-state index contributed by atoms with van der Waals surface area (Å²) in [7, 11) is -0.578. The van der Waals surface area contributed by atoms with Crippen LogP contribution in [0.1, 0.15) is 16.8 Å². The van der Waals surface area contributed by atoms with Crippen LogP contribution in [-0.2, 0) is 41.4 Å². The number of hydrogen-bond donors (Lipinski definition) is 1. The lowest BCUT2D eigenvalue weighted by Gasteiger charge is -2.29. The van der Waals surface area contributed by atoms with Crippen molar-refractivity contribution in [3.63, 3.8) is 0 Å². The Hall–Kier alpha value is -3.84. The van der Waals surface area contributed by atoms with Crippen molar-refractivity contribution < 1.29 is 13.2 Å². The molecule has 3 aromatic heterocycles. The molecule has 35 heavy (non-hydrogen) atoms. The molecule has 0 fully saturated rings. The molecule has 0 spiro atoms. The minimum Gasteiger partial charge on any atom is -0.337 e. The Balaban J connectivity index is 1.37. The molecule has 0 saturated carbocycles. The molecule has 5 rings (SSSR count). The van der Waals surface area contributed by atoms with Gasteiger partial charge in [0.15, 0.2) is 10.9 Å². The van der Waals surface area contributed by atoms with Gasteiger partial charge in [0.25, 0.3) is 10.0 Å². The molecule has 182 valence electrons. The molecule has 1 amide bonds. The molecule has 1 aliphatic rings. The molecule has 12 nitrogen and oxygen atoms in total. The number of aromatic nitrogens is 7. The van der Waals surface area contributed by atoms with E-state index in [1.807, 2.05) is 46.6 Å². The lowest BCUT2D eigenvalue weighted by molar-refractivity contribution is -0.132. The summed E-state index contributed by atoms with van der Waals surface area (Å²) in [4.78, 5) is 21.1. The average Bonchev–Trinajstić information content (AvgIpc) is 3.61. The van der Waals surface area contributed by atoms with Crippen LogP contribution < -0.4 is 0 Å². The normalized spacial score (nSPS) is 13.9. The summed E-state index contributed by atoms with van der Waals surface area (Å²) in [6, 6.07) is 10.00. The van der Waals surface area contributed by atoms with Gasteiger partial charge in [0.1, 0.15) is 12.0 Å². The standard InChI is InChI=1S/C22H25N9O3S/c1-28(35(33,34)19-10-23-14-24-19)13-20(32)30-9-8-18-17(12-30)21(27-29(18)2)22-26-25-15-31(22)11-16-6-4-3-5-7-16/h3-7,10,14-15H,8-9,11-13H2,1-2H3,(H,23,24). The SMILES string of the molecule is CN(CC(=O)N1CCc2c(c(-c3nncn3Cc3ccccc3)nn2C)C1)S(=O)(=O)c1cnc[nH]1. The zero-order chi connectivity index (χ0) is 24.6. The van der Waals surface area contributed by atoms with Crippen LogP contribution in [0.5, 0.6) is 0 Å². The second kappa shape index (κ2) is 9.07. The van der Waals surface area contributed by atoms with Crippen molar-refractivity contribution in [2.45, 2.75) is 24.5 Å². The van der Waals surface area contributed by atoms with Crippen LogP contribution in [0.3, 0.4) is 0 Å². The molecule has 0 atom stereocenters. The number of aromatic amines is 1. The molecule has 4 heterocycles. The van der Waals surface area contributed by atoms with Crippen molar-refractivity contribution in [1.29, 1.82) is 0 Å². The Kier molecular flexibility index (Phi) is 5.94. The van der Waals surface area contributed by atoms with Crippen molar-refractivity contribution >= 4 is 15.9 Å². The lowest BCUT2D eigenvalue weighted by atomic mass is 10.0. The minimum absolute atomic E-state index is 0.0546. The van der Waals surface area contributed by atoms with Gasteiger partial charge in [-0.2, -0.15) is 9.40 Å². The second-order valence-electron chi connectivity index (χ2n) is 8.41. The van der Waals surface area contributed by atoms with Gasteiger partial charge < -0.3 is 14.5 Å². The van der Waals surface area contributed by atoms with Gasteiger partial charge in [-0.25, -0.2) is 13.4 Å². The van der Waals surface area contributed by atoms with E-state index in [0.29, 0.717) is 37.6 Å². The Bertz CT molecular complexity index is 1440. The van der Waals surface area contributed by atoms with Gasteiger partial charge in [-0.05, 0) is 5.56 Å². The molecular formula is C22H25N9O3S. The first-order valence-electron chi connectivity index (χ1n) is 11.0. The van der Waals surface area contributed by atoms with Gasteiger partial charge in [-0.15, -0.1) is 10.2 Å². The second-order valence-corrected chi connectivity index (χ2v) is 10.4. The monoisotopic (exact) mass is 495 g/mol.